The van der Waals surface area contributed by atoms with Gasteiger partial charge in [0.15, 0.2) is 0 Å². The van der Waals surface area contributed by atoms with E-state index in [1.54, 1.807) is 48.5 Å². The SMILES string of the molecule is N#Cc1ccccc1C1SC(c2ccc(Cl)cc2)=NN1C(=O)c1c(F)cc(F)cc1F. The lowest BCUT2D eigenvalue weighted by Gasteiger charge is -2.22. The smallest absolute Gasteiger partial charge is 0.267 e. The number of hydrazone groups is 1. The van der Waals surface area contributed by atoms with Gasteiger partial charge in [0.1, 0.15) is 33.4 Å². The Kier molecular flexibility index (Phi) is 5.72. The van der Waals surface area contributed by atoms with Crippen LogP contribution in [-0.4, -0.2) is 16.0 Å². The molecular weight excluding hydrogens is 447 g/mol. The van der Waals surface area contributed by atoms with E-state index in [-0.39, 0.29) is 5.56 Å². The molecule has 1 aliphatic rings. The fraction of sp³-hybridized carbons (Fsp3) is 0.0455. The van der Waals surface area contributed by atoms with Crippen molar-refractivity contribution in [1.29, 1.82) is 5.26 Å². The van der Waals surface area contributed by atoms with Gasteiger partial charge in [-0.25, -0.2) is 18.2 Å². The van der Waals surface area contributed by atoms with Gasteiger partial charge < -0.3 is 0 Å². The lowest BCUT2D eigenvalue weighted by molar-refractivity contribution is 0.0739. The highest BCUT2D eigenvalue weighted by atomic mass is 35.5. The number of rotatable bonds is 3. The molecule has 3 aromatic carbocycles. The summed E-state index contributed by atoms with van der Waals surface area (Å²) in [5.74, 6) is -4.91. The van der Waals surface area contributed by atoms with Gasteiger partial charge in [0.2, 0.25) is 0 Å². The summed E-state index contributed by atoms with van der Waals surface area (Å²) >= 11 is 7.07. The number of nitrogens with zero attached hydrogens (tertiary/aromatic N) is 3. The molecule has 0 fully saturated rings. The number of hydrogen-bond donors (Lipinski definition) is 0. The first-order valence-electron chi connectivity index (χ1n) is 8.87. The highest BCUT2D eigenvalue weighted by Crippen LogP contribution is 2.43. The van der Waals surface area contributed by atoms with Crippen molar-refractivity contribution in [3.63, 3.8) is 0 Å². The second-order valence-corrected chi connectivity index (χ2v) is 7.98. The molecule has 0 aliphatic carbocycles. The fourth-order valence-electron chi connectivity index (χ4n) is 3.07. The average Bonchev–Trinajstić information content (AvgIpc) is 3.18. The monoisotopic (exact) mass is 457 g/mol. The van der Waals surface area contributed by atoms with Crippen LogP contribution in [0.5, 0.6) is 0 Å². The summed E-state index contributed by atoms with van der Waals surface area (Å²) in [7, 11) is 0. The number of halogens is 4. The fourth-order valence-corrected chi connectivity index (χ4v) is 4.39. The van der Waals surface area contributed by atoms with Gasteiger partial charge in [-0.1, -0.05) is 53.7 Å². The van der Waals surface area contributed by atoms with Crippen LogP contribution >= 0.6 is 23.4 Å². The number of hydrogen-bond acceptors (Lipinski definition) is 4. The molecule has 1 unspecified atom stereocenters. The summed E-state index contributed by atoms with van der Waals surface area (Å²) in [6, 6.07) is 16.1. The van der Waals surface area contributed by atoms with Crippen LogP contribution in [0.15, 0.2) is 65.8 Å². The van der Waals surface area contributed by atoms with Crippen LogP contribution in [0.25, 0.3) is 0 Å². The third-order valence-corrected chi connectivity index (χ3v) is 5.98. The van der Waals surface area contributed by atoms with Crippen molar-refractivity contribution in [3.8, 4) is 6.07 Å². The summed E-state index contributed by atoms with van der Waals surface area (Å²) in [6.07, 6.45) is 0. The molecular formula is C22H11ClF3N3OS. The molecule has 0 bridgehead atoms. The van der Waals surface area contributed by atoms with Gasteiger partial charge in [-0.3, -0.25) is 4.79 Å². The Labute approximate surface area is 184 Å². The van der Waals surface area contributed by atoms with Gasteiger partial charge in [-0.05, 0) is 18.2 Å². The largest absolute Gasteiger partial charge is 0.281 e. The van der Waals surface area contributed by atoms with Gasteiger partial charge in [0.25, 0.3) is 5.91 Å². The molecule has 0 aromatic heterocycles. The molecule has 9 heteroatoms. The van der Waals surface area contributed by atoms with Crippen LogP contribution < -0.4 is 0 Å². The quantitative estimate of drug-likeness (QED) is 0.493. The van der Waals surface area contributed by atoms with Crippen LogP contribution in [0.1, 0.15) is 32.4 Å². The molecule has 0 spiro atoms. The van der Waals surface area contributed by atoms with Gasteiger partial charge >= 0.3 is 0 Å². The molecule has 31 heavy (non-hydrogen) atoms. The maximum atomic E-state index is 14.3. The maximum Gasteiger partial charge on any atom is 0.281 e. The molecule has 1 heterocycles. The number of carbonyl (C=O) groups is 1. The van der Waals surface area contributed by atoms with Crippen molar-refractivity contribution in [3.05, 3.63) is 105 Å². The molecule has 1 atom stereocenters. The van der Waals surface area contributed by atoms with Crippen molar-refractivity contribution in [2.45, 2.75) is 5.37 Å². The Balaban J connectivity index is 1.83. The number of amides is 1. The molecule has 1 amide bonds. The van der Waals surface area contributed by atoms with Crippen molar-refractivity contribution in [1.82, 2.24) is 5.01 Å². The molecule has 4 nitrogen and oxygen atoms in total. The van der Waals surface area contributed by atoms with E-state index >= 15 is 0 Å². The second-order valence-electron chi connectivity index (χ2n) is 6.48. The Bertz CT molecular complexity index is 1230. The minimum atomic E-state index is -1.34. The zero-order valence-electron chi connectivity index (χ0n) is 15.5. The minimum absolute atomic E-state index is 0.283. The van der Waals surface area contributed by atoms with Crippen molar-refractivity contribution >= 4 is 34.3 Å². The van der Waals surface area contributed by atoms with E-state index in [1.807, 2.05) is 6.07 Å². The van der Waals surface area contributed by atoms with E-state index in [0.29, 0.717) is 33.3 Å². The first-order chi connectivity index (χ1) is 14.9. The molecule has 154 valence electrons. The van der Waals surface area contributed by atoms with E-state index in [2.05, 4.69) is 5.10 Å². The lowest BCUT2D eigenvalue weighted by Crippen LogP contribution is -2.28. The van der Waals surface area contributed by atoms with Crippen molar-refractivity contribution in [2.24, 2.45) is 5.10 Å². The Morgan fingerprint density at radius 2 is 1.71 bits per heavy atom. The first-order valence-corrected chi connectivity index (χ1v) is 10.1. The van der Waals surface area contributed by atoms with E-state index in [1.165, 1.54) is 0 Å². The molecule has 0 saturated heterocycles. The number of nitriles is 1. The molecule has 1 aliphatic heterocycles. The molecule has 0 saturated carbocycles. The van der Waals surface area contributed by atoms with E-state index in [0.717, 1.165) is 16.8 Å². The third-order valence-electron chi connectivity index (χ3n) is 4.51. The summed E-state index contributed by atoms with van der Waals surface area (Å²) < 4.78 is 41.9. The van der Waals surface area contributed by atoms with Gasteiger partial charge in [0.05, 0.1) is 11.6 Å². The van der Waals surface area contributed by atoms with E-state index in [4.69, 9.17) is 11.6 Å². The van der Waals surface area contributed by atoms with Crippen molar-refractivity contribution < 1.29 is 18.0 Å². The van der Waals surface area contributed by atoms with Crippen LogP contribution in [0.4, 0.5) is 13.2 Å². The molecule has 4 rings (SSSR count). The van der Waals surface area contributed by atoms with Gasteiger partial charge in [0, 0.05) is 28.3 Å². The molecule has 3 aromatic rings. The predicted octanol–water partition coefficient (Wildman–Crippen LogP) is 5.88. The predicted molar refractivity (Wildman–Crippen MR) is 112 cm³/mol. The lowest BCUT2D eigenvalue weighted by atomic mass is 10.1. The number of benzene rings is 3. The van der Waals surface area contributed by atoms with Crippen LogP contribution in [0.2, 0.25) is 5.02 Å². The zero-order valence-corrected chi connectivity index (χ0v) is 17.1. The van der Waals surface area contributed by atoms with E-state index < -0.39 is 34.3 Å². The zero-order chi connectivity index (χ0) is 22.1. The van der Waals surface area contributed by atoms with Gasteiger partial charge in [-0.15, -0.1) is 0 Å². The Morgan fingerprint density at radius 3 is 2.35 bits per heavy atom. The highest BCUT2D eigenvalue weighted by Gasteiger charge is 2.38. The molecule has 0 radical (unpaired) electrons. The van der Waals surface area contributed by atoms with Crippen molar-refractivity contribution in [2.75, 3.05) is 0 Å². The number of carbonyl (C=O) groups excluding carboxylic acids is 1. The third kappa shape index (κ3) is 4.02. The number of thioether (sulfide) groups is 1. The summed E-state index contributed by atoms with van der Waals surface area (Å²) in [5.41, 5.74) is 0.427. The van der Waals surface area contributed by atoms with Crippen LogP contribution in [0.3, 0.4) is 0 Å². The summed E-state index contributed by atoms with van der Waals surface area (Å²) in [5, 5.41) is 14.7. The first kappa shape index (κ1) is 21.0. The summed E-state index contributed by atoms with van der Waals surface area (Å²) in [6.45, 7) is 0. The highest BCUT2D eigenvalue weighted by molar-refractivity contribution is 8.14. The van der Waals surface area contributed by atoms with Crippen LogP contribution in [0, 0.1) is 28.8 Å². The Morgan fingerprint density at radius 1 is 1.06 bits per heavy atom. The Hall–Kier alpha value is -3.28. The summed E-state index contributed by atoms with van der Waals surface area (Å²) in [4.78, 5) is 13.1. The topological polar surface area (TPSA) is 56.5 Å². The van der Waals surface area contributed by atoms with Gasteiger partial charge in [-0.2, -0.15) is 10.4 Å². The minimum Gasteiger partial charge on any atom is -0.267 e. The van der Waals surface area contributed by atoms with Crippen LogP contribution in [-0.2, 0) is 0 Å². The van der Waals surface area contributed by atoms with E-state index in [9.17, 15) is 23.2 Å². The normalized spacial score (nSPS) is 15.5. The molecule has 0 N–H and O–H groups in total. The standard InChI is InChI=1S/C22H11ClF3N3OS/c23-14-7-5-12(6-8-14)20-28-29(21(30)19-17(25)9-15(24)10-18(19)26)22(31-20)16-4-2-1-3-13(16)11-27/h1-10,22H. The maximum absolute atomic E-state index is 14.3. The second kappa shape index (κ2) is 8.46. The average molecular weight is 458 g/mol.